The van der Waals surface area contributed by atoms with Crippen LogP contribution in [0, 0.1) is 0 Å². The Morgan fingerprint density at radius 3 is 2.61 bits per heavy atom. The topological polar surface area (TPSA) is 74.8 Å². The summed E-state index contributed by atoms with van der Waals surface area (Å²) in [5.74, 6) is 2.19. The summed E-state index contributed by atoms with van der Waals surface area (Å²) in [7, 11) is 1.66. The molecule has 0 saturated heterocycles. The van der Waals surface area contributed by atoms with Gasteiger partial charge in [0.1, 0.15) is 5.75 Å². The maximum Gasteiger partial charge on any atom is 0.261 e. The number of fused-ring (bicyclic) bond motifs is 1. The molecular weight excluding hydrogens is 434 g/mol. The third-order valence-corrected chi connectivity index (χ3v) is 6.26. The predicted molar refractivity (Wildman–Crippen MR) is 129 cm³/mol. The second-order valence-corrected chi connectivity index (χ2v) is 8.35. The van der Waals surface area contributed by atoms with E-state index in [1.54, 1.807) is 35.8 Å². The van der Waals surface area contributed by atoms with E-state index >= 15 is 0 Å². The minimum atomic E-state index is -0.103. The van der Waals surface area contributed by atoms with Crippen molar-refractivity contribution in [3.63, 3.8) is 0 Å². The molecule has 0 N–H and O–H groups in total. The van der Waals surface area contributed by atoms with Crippen LogP contribution in [0.1, 0.15) is 11.4 Å². The molecule has 33 heavy (non-hydrogen) atoms. The van der Waals surface area contributed by atoms with E-state index in [2.05, 4.69) is 21.2 Å². The van der Waals surface area contributed by atoms with E-state index in [0.29, 0.717) is 22.5 Å². The number of para-hydroxylation sites is 2. The Morgan fingerprint density at radius 1 is 0.939 bits per heavy atom. The molecule has 164 valence electrons. The van der Waals surface area contributed by atoms with E-state index in [-0.39, 0.29) is 12.1 Å². The number of aromatic nitrogens is 5. The molecule has 0 atom stereocenters. The Bertz CT molecular complexity index is 1460. The van der Waals surface area contributed by atoms with Crippen LogP contribution in [0.2, 0.25) is 0 Å². The Morgan fingerprint density at radius 2 is 1.76 bits per heavy atom. The van der Waals surface area contributed by atoms with E-state index in [4.69, 9.17) is 4.74 Å². The lowest BCUT2D eigenvalue weighted by Crippen LogP contribution is -2.22. The second-order valence-electron chi connectivity index (χ2n) is 7.40. The van der Waals surface area contributed by atoms with Crippen LogP contribution in [0.15, 0.2) is 95.1 Å². The summed E-state index contributed by atoms with van der Waals surface area (Å²) in [6.45, 7) is 0.262. The molecule has 0 spiro atoms. The van der Waals surface area contributed by atoms with Crippen LogP contribution in [0.25, 0.3) is 16.6 Å². The van der Waals surface area contributed by atoms with E-state index in [1.807, 2.05) is 71.3 Å². The normalized spacial score (nSPS) is 11.1. The lowest BCUT2D eigenvalue weighted by Gasteiger charge is -2.12. The summed E-state index contributed by atoms with van der Waals surface area (Å²) in [5.41, 5.74) is 2.64. The van der Waals surface area contributed by atoms with Gasteiger partial charge in [-0.15, -0.1) is 10.2 Å². The van der Waals surface area contributed by atoms with Crippen LogP contribution in [0.5, 0.6) is 5.75 Å². The first-order valence-corrected chi connectivity index (χ1v) is 11.4. The summed E-state index contributed by atoms with van der Waals surface area (Å²) >= 11 is 1.58. The van der Waals surface area contributed by atoms with Crippen LogP contribution >= 0.6 is 11.8 Å². The first-order valence-electron chi connectivity index (χ1n) is 10.4. The molecule has 0 aliphatic heterocycles. The Hall–Kier alpha value is -3.91. The van der Waals surface area contributed by atoms with Gasteiger partial charge in [-0.2, -0.15) is 0 Å². The van der Waals surface area contributed by atoms with Gasteiger partial charge < -0.3 is 4.74 Å². The maximum atomic E-state index is 13.0. The number of nitrogens with zero attached hydrogens (tertiary/aromatic N) is 5. The lowest BCUT2D eigenvalue weighted by atomic mass is 10.2. The van der Waals surface area contributed by atoms with Crippen molar-refractivity contribution in [1.82, 2.24) is 24.3 Å². The SMILES string of the molecule is COc1cccc(CSc2nnc(Cn3cnc4ccccc4c3=O)n2-c2ccccc2)c1. The fraction of sp³-hybridized carbons (Fsp3) is 0.120. The molecule has 5 aromatic rings. The number of thioether (sulfide) groups is 1. The lowest BCUT2D eigenvalue weighted by molar-refractivity contribution is 0.414. The van der Waals surface area contributed by atoms with Gasteiger partial charge in [-0.3, -0.25) is 13.9 Å². The molecule has 0 amide bonds. The van der Waals surface area contributed by atoms with Gasteiger partial charge in [0.2, 0.25) is 0 Å². The monoisotopic (exact) mass is 455 g/mol. The van der Waals surface area contributed by atoms with E-state index in [9.17, 15) is 4.79 Å². The first kappa shape index (κ1) is 21.0. The second kappa shape index (κ2) is 9.30. The maximum absolute atomic E-state index is 13.0. The van der Waals surface area contributed by atoms with Crippen molar-refractivity contribution < 1.29 is 4.74 Å². The van der Waals surface area contributed by atoms with Crippen LogP contribution in [-0.4, -0.2) is 31.4 Å². The van der Waals surface area contributed by atoms with Gasteiger partial charge in [0.25, 0.3) is 5.56 Å². The highest BCUT2D eigenvalue weighted by molar-refractivity contribution is 7.98. The zero-order valence-electron chi connectivity index (χ0n) is 18.0. The Labute approximate surface area is 194 Å². The molecule has 0 radical (unpaired) electrons. The highest BCUT2D eigenvalue weighted by atomic mass is 32.2. The highest BCUT2D eigenvalue weighted by Gasteiger charge is 2.16. The number of methoxy groups -OCH3 is 1. The number of benzene rings is 3. The largest absolute Gasteiger partial charge is 0.497 e. The van der Waals surface area contributed by atoms with Crippen molar-refractivity contribution in [2.75, 3.05) is 7.11 Å². The van der Waals surface area contributed by atoms with Gasteiger partial charge >= 0.3 is 0 Å². The van der Waals surface area contributed by atoms with Crippen LogP contribution in [-0.2, 0) is 12.3 Å². The third-order valence-electron chi connectivity index (χ3n) is 5.26. The summed E-state index contributed by atoms with van der Waals surface area (Å²) < 4.78 is 8.90. The smallest absolute Gasteiger partial charge is 0.261 e. The van der Waals surface area contributed by atoms with Gasteiger partial charge in [-0.25, -0.2) is 4.98 Å². The number of rotatable bonds is 7. The number of hydrogen-bond acceptors (Lipinski definition) is 6. The molecule has 0 fully saturated rings. The van der Waals surface area contributed by atoms with Crippen molar-refractivity contribution in [3.05, 3.63) is 107 Å². The molecule has 7 nitrogen and oxygen atoms in total. The number of ether oxygens (including phenoxy) is 1. The molecule has 3 aromatic carbocycles. The average molecular weight is 456 g/mol. The van der Waals surface area contributed by atoms with Gasteiger partial charge in [0.05, 0.1) is 30.9 Å². The van der Waals surface area contributed by atoms with Gasteiger partial charge in [-0.05, 0) is 42.0 Å². The van der Waals surface area contributed by atoms with Crippen LogP contribution in [0.4, 0.5) is 0 Å². The molecular formula is C25H21N5O2S. The van der Waals surface area contributed by atoms with Crippen LogP contribution < -0.4 is 10.3 Å². The molecule has 0 bridgehead atoms. The Kier molecular flexibility index (Phi) is 5.91. The zero-order chi connectivity index (χ0) is 22.6. The zero-order valence-corrected chi connectivity index (χ0v) is 18.8. The predicted octanol–water partition coefficient (Wildman–Crippen LogP) is 4.33. The van der Waals surface area contributed by atoms with E-state index in [1.165, 1.54) is 0 Å². The van der Waals surface area contributed by atoms with Crippen molar-refractivity contribution in [2.45, 2.75) is 17.5 Å². The highest BCUT2D eigenvalue weighted by Crippen LogP contribution is 2.26. The van der Waals surface area contributed by atoms with Crippen molar-refractivity contribution >= 4 is 22.7 Å². The Balaban J connectivity index is 1.50. The molecule has 0 unspecified atom stereocenters. The molecule has 8 heteroatoms. The first-order chi connectivity index (χ1) is 16.2. The van der Waals surface area contributed by atoms with E-state index in [0.717, 1.165) is 22.2 Å². The summed E-state index contributed by atoms with van der Waals surface area (Å²) in [4.78, 5) is 17.4. The number of hydrogen-bond donors (Lipinski definition) is 0. The van der Waals surface area contributed by atoms with Crippen molar-refractivity contribution in [3.8, 4) is 11.4 Å². The van der Waals surface area contributed by atoms with E-state index < -0.39 is 0 Å². The minimum absolute atomic E-state index is 0.103. The molecule has 0 aliphatic rings. The fourth-order valence-corrected chi connectivity index (χ4v) is 4.53. The quantitative estimate of drug-likeness (QED) is 0.340. The summed E-state index contributed by atoms with van der Waals surface area (Å²) in [6, 6.07) is 25.2. The van der Waals surface area contributed by atoms with Gasteiger partial charge in [0, 0.05) is 11.4 Å². The molecule has 2 heterocycles. The fourth-order valence-electron chi connectivity index (χ4n) is 3.61. The molecule has 0 aliphatic carbocycles. The molecule has 2 aromatic heterocycles. The minimum Gasteiger partial charge on any atom is -0.497 e. The van der Waals surface area contributed by atoms with Crippen molar-refractivity contribution in [2.24, 2.45) is 0 Å². The summed E-state index contributed by atoms with van der Waals surface area (Å²) in [5, 5.41) is 10.2. The average Bonchev–Trinajstić information content (AvgIpc) is 3.27. The van der Waals surface area contributed by atoms with Crippen molar-refractivity contribution in [1.29, 1.82) is 0 Å². The molecule has 5 rings (SSSR count). The third kappa shape index (κ3) is 4.38. The standard InChI is InChI=1S/C25H21N5O2S/c1-32-20-11-7-8-18(14-20)16-33-25-28-27-23(30(25)19-9-3-2-4-10-19)15-29-17-26-22-13-6-5-12-21(22)24(29)31/h2-14,17H,15-16H2,1H3. The summed E-state index contributed by atoms with van der Waals surface area (Å²) in [6.07, 6.45) is 1.57. The molecule has 0 saturated carbocycles. The van der Waals surface area contributed by atoms with Gasteiger partial charge in [0.15, 0.2) is 11.0 Å². The van der Waals surface area contributed by atoms with Crippen LogP contribution in [0.3, 0.4) is 0 Å². The van der Waals surface area contributed by atoms with Gasteiger partial charge in [-0.1, -0.05) is 54.2 Å².